The number of oxazole rings is 1. The average molecular weight is 417 g/mol. The van der Waals surface area contributed by atoms with Gasteiger partial charge in [-0.05, 0) is 31.0 Å². The maximum absolute atomic E-state index is 12.7. The summed E-state index contributed by atoms with van der Waals surface area (Å²) in [4.78, 5) is 18.8. The number of rotatable bonds is 7. The number of hydrogen-bond donors (Lipinski definition) is 0. The first-order chi connectivity index (χ1) is 12.4. The van der Waals surface area contributed by atoms with Crippen LogP contribution >= 0.6 is 23.4 Å². The van der Waals surface area contributed by atoms with Crippen molar-refractivity contribution < 1.29 is 17.6 Å². The number of benzene rings is 1. The number of sulfone groups is 1. The van der Waals surface area contributed by atoms with E-state index in [2.05, 4.69) is 4.98 Å². The van der Waals surface area contributed by atoms with Gasteiger partial charge in [0.2, 0.25) is 5.91 Å². The van der Waals surface area contributed by atoms with Crippen LogP contribution in [0.3, 0.4) is 0 Å². The van der Waals surface area contributed by atoms with Gasteiger partial charge in [-0.15, -0.1) is 0 Å². The molecule has 3 rings (SSSR count). The lowest BCUT2D eigenvalue weighted by Crippen LogP contribution is -2.42. The zero-order chi connectivity index (χ0) is 18.7. The highest BCUT2D eigenvalue weighted by Crippen LogP contribution is 2.26. The maximum atomic E-state index is 12.7. The number of halogens is 1. The van der Waals surface area contributed by atoms with Gasteiger partial charge in [0.05, 0.1) is 17.3 Å². The van der Waals surface area contributed by atoms with Crippen LogP contribution in [0.5, 0.6) is 0 Å². The first kappa shape index (κ1) is 19.5. The standard InChI is InChI=1S/C17H21ClN2O4S2/c1-2-3-7-20(13-6-8-26(22,23)11-13)16(21)10-25-17-19-14-9-12(18)4-5-15(14)24-17/h4-5,9,13H,2-3,6-8,10-11H2,1H3. The Morgan fingerprint density at radius 1 is 1.46 bits per heavy atom. The van der Waals surface area contributed by atoms with E-state index in [9.17, 15) is 13.2 Å². The van der Waals surface area contributed by atoms with E-state index in [0.29, 0.717) is 34.3 Å². The van der Waals surface area contributed by atoms with E-state index in [1.54, 1.807) is 23.1 Å². The Balaban J connectivity index is 1.66. The predicted octanol–water partition coefficient (Wildman–Crippen LogP) is 3.39. The number of fused-ring (bicyclic) bond motifs is 1. The molecule has 0 bridgehead atoms. The number of thioether (sulfide) groups is 1. The van der Waals surface area contributed by atoms with Gasteiger partial charge in [-0.2, -0.15) is 0 Å². The molecule has 0 radical (unpaired) electrons. The number of unbranched alkanes of at least 4 members (excludes halogenated alkanes) is 1. The van der Waals surface area contributed by atoms with Gasteiger partial charge >= 0.3 is 0 Å². The quantitative estimate of drug-likeness (QED) is 0.643. The summed E-state index contributed by atoms with van der Waals surface area (Å²) in [7, 11) is -3.03. The molecule has 1 aliphatic rings. The highest BCUT2D eigenvalue weighted by molar-refractivity contribution is 7.99. The first-order valence-corrected chi connectivity index (χ1v) is 11.8. The van der Waals surface area contributed by atoms with Gasteiger partial charge in [0.15, 0.2) is 15.4 Å². The molecule has 1 aliphatic heterocycles. The molecule has 1 aromatic heterocycles. The van der Waals surface area contributed by atoms with E-state index in [4.69, 9.17) is 16.0 Å². The molecule has 1 amide bonds. The summed E-state index contributed by atoms with van der Waals surface area (Å²) in [5.74, 6) is 0.313. The lowest BCUT2D eigenvalue weighted by molar-refractivity contribution is -0.130. The molecule has 1 unspecified atom stereocenters. The maximum Gasteiger partial charge on any atom is 0.257 e. The molecule has 2 heterocycles. The summed E-state index contributed by atoms with van der Waals surface area (Å²) < 4.78 is 29.2. The van der Waals surface area contributed by atoms with Gasteiger partial charge in [-0.1, -0.05) is 36.7 Å². The number of nitrogens with zero attached hydrogens (tertiary/aromatic N) is 2. The Hall–Kier alpha value is -1.25. The largest absolute Gasteiger partial charge is 0.431 e. The van der Waals surface area contributed by atoms with Crippen molar-refractivity contribution in [3.63, 3.8) is 0 Å². The molecule has 6 nitrogen and oxygen atoms in total. The lowest BCUT2D eigenvalue weighted by Gasteiger charge is -2.28. The summed E-state index contributed by atoms with van der Waals surface area (Å²) >= 11 is 7.16. The molecule has 26 heavy (non-hydrogen) atoms. The fourth-order valence-electron chi connectivity index (χ4n) is 3.01. The van der Waals surface area contributed by atoms with E-state index in [-0.39, 0.29) is 29.2 Å². The summed E-state index contributed by atoms with van der Waals surface area (Å²) in [5, 5.41) is 0.983. The second kappa shape index (κ2) is 8.19. The third-order valence-corrected chi connectivity index (χ3v) is 7.17. The highest BCUT2D eigenvalue weighted by atomic mass is 35.5. The molecular weight excluding hydrogens is 396 g/mol. The molecule has 1 saturated heterocycles. The SMILES string of the molecule is CCCCN(C(=O)CSc1nc2cc(Cl)ccc2o1)C1CCS(=O)(=O)C1. The van der Waals surface area contributed by atoms with Crippen molar-refractivity contribution in [1.29, 1.82) is 0 Å². The molecule has 0 spiro atoms. The summed E-state index contributed by atoms with van der Waals surface area (Å²) in [6, 6.07) is 4.96. The minimum absolute atomic E-state index is 0.0640. The Morgan fingerprint density at radius 2 is 2.27 bits per heavy atom. The number of amides is 1. The average Bonchev–Trinajstić information content (AvgIpc) is 3.15. The summed E-state index contributed by atoms with van der Waals surface area (Å²) in [5.41, 5.74) is 1.27. The van der Waals surface area contributed by atoms with E-state index in [1.807, 2.05) is 6.92 Å². The van der Waals surface area contributed by atoms with E-state index in [1.165, 1.54) is 11.8 Å². The fourth-order valence-corrected chi connectivity index (χ4v) is 5.63. The molecule has 2 aromatic rings. The third kappa shape index (κ3) is 4.72. The molecule has 1 atom stereocenters. The highest BCUT2D eigenvalue weighted by Gasteiger charge is 2.34. The normalized spacial score (nSPS) is 19.1. The van der Waals surface area contributed by atoms with Gasteiger partial charge in [0, 0.05) is 17.6 Å². The van der Waals surface area contributed by atoms with Crippen molar-refractivity contribution in [3.05, 3.63) is 23.2 Å². The van der Waals surface area contributed by atoms with Crippen molar-refractivity contribution in [2.45, 2.75) is 37.5 Å². The Morgan fingerprint density at radius 3 is 2.96 bits per heavy atom. The zero-order valence-corrected chi connectivity index (χ0v) is 16.9. The molecule has 1 fully saturated rings. The van der Waals surface area contributed by atoms with Crippen LogP contribution in [0.2, 0.25) is 5.02 Å². The Labute approximate surface area is 162 Å². The van der Waals surface area contributed by atoms with Crippen LogP contribution in [0.4, 0.5) is 0 Å². The van der Waals surface area contributed by atoms with Crippen LogP contribution in [0.15, 0.2) is 27.8 Å². The van der Waals surface area contributed by atoms with E-state index >= 15 is 0 Å². The second-order valence-corrected chi connectivity index (χ2v) is 9.97. The number of aromatic nitrogens is 1. The molecule has 1 aromatic carbocycles. The molecule has 0 aliphatic carbocycles. The van der Waals surface area contributed by atoms with Crippen LogP contribution in [-0.2, 0) is 14.6 Å². The fraction of sp³-hybridized carbons (Fsp3) is 0.529. The number of hydrogen-bond acceptors (Lipinski definition) is 6. The van der Waals surface area contributed by atoms with Crippen LogP contribution in [0.25, 0.3) is 11.1 Å². The first-order valence-electron chi connectivity index (χ1n) is 8.57. The van der Waals surface area contributed by atoms with Gasteiger partial charge in [-0.3, -0.25) is 4.79 Å². The predicted molar refractivity (Wildman–Crippen MR) is 103 cm³/mol. The third-order valence-electron chi connectivity index (χ3n) is 4.37. The van der Waals surface area contributed by atoms with Crippen molar-refractivity contribution in [3.8, 4) is 0 Å². The topological polar surface area (TPSA) is 80.5 Å². The Bertz CT molecular complexity index is 897. The van der Waals surface area contributed by atoms with Crippen molar-refractivity contribution in [2.24, 2.45) is 0 Å². The molecular formula is C17H21ClN2O4S2. The molecule has 142 valence electrons. The smallest absolute Gasteiger partial charge is 0.257 e. The van der Waals surface area contributed by atoms with Crippen molar-refractivity contribution >= 4 is 50.2 Å². The van der Waals surface area contributed by atoms with Gasteiger partial charge in [0.1, 0.15) is 5.52 Å². The van der Waals surface area contributed by atoms with Crippen LogP contribution in [0, 0.1) is 0 Å². The minimum Gasteiger partial charge on any atom is -0.431 e. The molecule has 9 heteroatoms. The van der Waals surface area contributed by atoms with Crippen molar-refractivity contribution in [2.75, 3.05) is 23.8 Å². The molecule has 0 N–H and O–H groups in total. The Kier molecular flexibility index (Phi) is 6.14. The summed E-state index contributed by atoms with van der Waals surface area (Å²) in [6.45, 7) is 2.63. The van der Waals surface area contributed by atoms with E-state index in [0.717, 1.165) is 12.8 Å². The number of carbonyl (C=O) groups excluding carboxylic acids is 1. The van der Waals surface area contributed by atoms with Gasteiger partial charge in [-0.25, -0.2) is 13.4 Å². The number of carbonyl (C=O) groups is 1. The monoisotopic (exact) mass is 416 g/mol. The van der Waals surface area contributed by atoms with Gasteiger partial charge < -0.3 is 9.32 Å². The van der Waals surface area contributed by atoms with E-state index < -0.39 is 9.84 Å². The van der Waals surface area contributed by atoms with Crippen LogP contribution in [0.1, 0.15) is 26.2 Å². The van der Waals surface area contributed by atoms with Crippen molar-refractivity contribution in [1.82, 2.24) is 9.88 Å². The zero-order valence-electron chi connectivity index (χ0n) is 14.5. The van der Waals surface area contributed by atoms with Crippen LogP contribution < -0.4 is 0 Å². The van der Waals surface area contributed by atoms with Crippen LogP contribution in [-0.4, -0.2) is 54.1 Å². The second-order valence-electron chi connectivity index (χ2n) is 6.38. The summed E-state index contributed by atoms with van der Waals surface area (Å²) in [6.07, 6.45) is 2.32. The molecule has 0 saturated carbocycles. The lowest BCUT2D eigenvalue weighted by atomic mass is 10.2. The van der Waals surface area contributed by atoms with Gasteiger partial charge in [0.25, 0.3) is 5.22 Å². The minimum atomic E-state index is -3.03.